The lowest BCUT2D eigenvalue weighted by Crippen LogP contribution is -2.42. The molecule has 1 fully saturated rings. The Kier molecular flexibility index (Phi) is 9.09. The maximum Gasteiger partial charge on any atom is 0.309 e. The number of aliphatic carboxylic acids is 1. The summed E-state index contributed by atoms with van der Waals surface area (Å²) in [5.74, 6) is -0.431. The molecule has 37 heavy (non-hydrogen) atoms. The summed E-state index contributed by atoms with van der Waals surface area (Å²) in [7, 11) is 0. The number of unbranched alkanes of at least 4 members (excludes halogenated alkanes) is 2. The van der Waals surface area contributed by atoms with Gasteiger partial charge in [-0.25, -0.2) is 0 Å². The van der Waals surface area contributed by atoms with Crippen molar-refractivity contribution in [2.24, 2.45) is 5.92 Å². The first kappa shape index (κ1) is 27.0. The first-order chi connectivity index (χ1) is 18.0. The molecule has 200 valence electrons. The molecule has 3 atom stereocenters. The number of hydrogen-bond acceptors (Lipinski definition) is 5. The van der Waals surface area contributed by atoms with Gasteiger partial charge in [0.05, 0.1) is 12.5 Å². The van der Waals surface area contributed by atoms with Crippen molar-refractivity contribution in [1.29, 1.82) is 0 Å². The number of benzene rings is 2. The highest BCUT2D eigenvalue weighted by Crippen LogP contribution is 2.47. The van der Waals surface area contributed by atoms with Gasteiger partial charge >= 0.3 is 5.97 Å². The molecule has 1 amide bonds. The number of carboxylic acids is 1. The van der Waals surface area contributed by atoms with Crippen molar-refractivity contribution >= 4 is 11.9 Å². The monoisotopic (exact) mass is 508 g/mol. The van der Waals surface area contributed by atoms with E-state index in [1.54, 1.807) is 0 Å². The molecule has 7 nitrogen and oxygen atoms in total. The number of ether oxygens (including phenoxy) is 2. The van der Waals surface area contributed by atoms with E-state index in [1.807, 2.05) is 35.2 Å². The zero-order chi connectivity index (χ0) is 26.4. The van der Waals surface area contributed by atoms with E-state index in [2.05, 4.69) is 37.8 Å². The molecular weight excluding hydrogens is 468 g/mol. The number of fused-ring (bicyclic) bond motifs is 1. The van der Waals surface area contributed by atoms with E-state index in [4.69, 9.17) is 9.47 Å². The zero-order valence-electron chi connectivity index (χ0n) is 22.3. The third kappa shape index (κ3) is 6.09. The van der Waals surface area contributed by atoms with Crippen molar-refractivity contribution in [2.45, 2.75) is 64.8 Å². The molecule has 2 aromatic rings. The van der Waals surface area contributed by atoms with Crippen LogP contribution in [0.1, 0.15) is 75.1 Å². The van der Waals surface area contributed by atoms with Crippen LogP contribution in [0.4, 0.5) is 0 Å². The van der Waals surface area contributed by atoms with Crippen molar-refractivity contribution in [3.8, 4) is 11.5 Å². The van der Waals surface area contributed by atoms with E-state index in [-0.39, 0.29) is 25.2 Å². The lowest BCUT2D eigenvalue weighted by Gasteiger charge is -2.30. The highest BCUT2D eigenvalue weighted by molar-refractivity contribution is 5.79. The van der Waals surface area contributed by atoms with Crippen LogP contribution in [-0.4, -0.2) is 59.8 Å². The average molecular weight is 509 g/mol. The molecule has 1 saturated heterocycles. The number of nitrogens with zero attached hydrogens (tertiary/aromatic N) is 2. The molecule has 0 aliphatic carbocycles. The van der Waals surface area contributed by atoms with Gasteiger partial charge in [-0.1, -0.05) is 63.9 Å². The minimum atomic E-state index is -0.851. The molecule has 0 radical (unpaired) electrons. The molecule has 0 aromatic heterocycles. The summed E-state index contributed by atoms with van der Waals surface area (Å²) in [4.78, 5) is 30.4. The zero-order valence-corrected chi connectivity index (χ0v) is 22.3. The summed E-state index contributed by atoms with van der Waals surface area (Å²) in [5.41, 5.74) is 3.04. The Balaban J connectivity index is 1.67. The second-order valence-electron chi connectivity index (χ2n) is 10.1. The number of carbonyl (C=O) groups excluding carboxylic acids is 1. The van der Waals surface area contributed by atoms with Gasteiger partial charge in [-0.2, -0.15) is 0 Å². The summed E-state index contributed by atoms with van der Waals surface area (Å²) in [5, 5.41) is 10.5. The molecule has 2 aliphatic rings. The Labute approximate surface area is 220 Å². The van der Waals surface area contributed by atoms with E-state index >= 15 is 0 Å². The van der Waals surface area contributed by atoms with Crippen molar-refractivity contribution in [2.75, 3.05) is 33.0 Å². The topological polar surface area (TPSA) is 79.3 Å². The molecular formula is C30H40N2O5. The van der Waals surface area contributed by atoms with Gasteiger partial charge in [0.25, 0.3) is 0 Å². The summed E-state index contributed by atoms with van der Waals surface area (Å²) in [6.07, 6.45) is 4.90. The molecule has 2 aromatic carbocycles. The molecule has 2 heterocycles. The third-order valence-electron chi connectivity index (χ3n) is 7.69. The standard InChI is InChI=1S/C30H40N2O5/c1-4-7-15-31(16-8-5-2)27(33)19-32-18-24(23-13-14-25-26(17-23)37-20-36-25)28(30(34)35)29(32)22-11-9-21(6-3)10-12-22/h9-14,17,24,28-29H,4-8,15-16,18-20H2,1-3H3,(H,34,35)/t24-,28+,29-/m1/s1. The first-order valence-electron chi connectivity index (χ1n) is 13.7. The largest absolute Gasteiger partial charge is 0.481 e. The highest BCUT2D eigenvalue weighted by atomic mass is 16.7. The van der Waals surface area contributed by atoms with Gasteiger partial charge in [0, 0.05) is 31.6 Å². The maximum atomic E-state index is 13.6. The van der Waals surface area contributed by atoms with E-state index in [9.17, 15) is 14.7 Å². The van der Waals surface area contributed by atoms with Gasteiger partial charge in [-0.3, -0.25) is 14.5 Å². The SMILES string of the molecule is CCCCN(CCCC)C(=O)CN1C[C@H](c2ccc3c(c2)OCO3)[C@H](C(=O)O)[C@H]1c1ccc(CC)cc1. The smallest absolute Gasteiger partial charge is 0.309 e. The molecule has 4 rings (SSSR count). The van der Waals surface area contributed by atoms with Crippen LogP contribution in [0.5, 0.6) is 11.5 Å². The predicted molar refractivity (Wildman–Crippen MR) is 143 cm³/mol. The number of likely N-dealkylation sites (tertiary alicyclic amines) is 1. The van der Waals surface area contributed by atoms with Crippen LogP contribution in [0.3, 0.4) is 0 Å². The molecule has 1 N–H and O–H groups in total. The second kappa shape index (κ2) is 12.5. The average Bonchev–Trinajstić information content (AvgIpc) is 3.53. The van der Waals surface area contributed by atoms with Crippen molar-refractivity contribution in [1.82, 2.24) is 9.80 Å². The van der Waals surface area contributed by atoms with Gasteiger partial charge in [0.1, 0.15) is 0 Å². The molecule has 7 heteroatoms. The van der Waals surface area contributed by atoms with Crippen LogP contribution in [0.25, 0.3) is 0 Å². The summed E-state index contributed by atoms with van der Waals surface area (Å²) in [6, 6.07) is 13.5. The minimum Gasteiger partial charge on any atom is -0.481 e. The van der Waals surface area contributed by atoms with E-state index in [0.29, 0.717) is 18.0 Å². The second-order valence-corrected chi connectivity index (χ2v) is 10.1. The number of carboxylic acid groups (broad SMARTS) is 1. The van der Waals surface area contributed by atoms with Crippen molar-refractivity contribution in [3.63, 3.8) is 0 Å². The van der Waals surface area contributed by atoms with E-state index in [0.717, 1.165) is 56.3 Å². The van der Waals surface area contributed by atoms with Crippen LogP contribution < -0.4 is 9.47 Å². The lowest BCUT2D eigenvalue weighted by atomic mass is 9.82. The van der Waals surface area contributed by atoms with Crippen LogP contribution in [0, 0.1) is 5.92 Å². The Morgan fingerprint density at radius 2 is 1.59 bits per heavy atom. The molecule has 2 aliphatic heterocycles. The van der Waals surface area contributed by atoms with Gasteiger partial charge < -0.3 is 19.5 Å². The van der Waals surface area contributed by atoms with Gasteiger partial charge in [0.15, 0.2) is 11.5 Å². The predicted octanol–water partition coefficient (Wildman–Crippen LogP) is 5.25. The number of hydrogen-bond donors (Lipinski definition) is 1. The molecule has 0 spiro atoms. The quantitative estimate of drug-likeness (QED) is 0.422. The van der Waals surface area contributed by atoms with Gasteiger partial charge in [0.2, 0.25) is 12.7 Å². The lowest BCUT2D eigenvalue weighted by molar-refractivity contribution is -0.144. The maximum absolute atomic E-state index is 13.6. The third-order valence-corrected chi connectivity index (χ3v) is 7.69. The fraction of sp³-hybridized carbons (Fsp3) is 0.533. The summed E-state index contributed by atoms with van der Waals surface area (Å²) in [6.45, 7) is 8.71. The molecule has 0 bridgehead atoms. The number of aryl methyl sites for hydroxylation is 1. The van der Waals surface area contributed by atoms with Gasteiger partial charge in [-0.15, -0.1) is 0 Å². The summed E-state index contributed by atoms with van der Waals surface area (Å²) < 4.78 is 11.1. The molecule has 0 saturated carbocycles. The normalized spacial score (nSPS) is 20.8. The summed E-state index contributed by atoms with van der Waals surface area (Å²) >= 11 is 0. The van der Waals surface area contributed by atoms with Crippen LogP contribution in [0.15, 0.2) is 42.5 Å². The Morgan fingerprint density at radius 1 is 0.946 bits per heavy atom. The Bertz CT molecular complexity index is 1060. The fourth-order valence-electron chi connectivity index (χ4n) is 5.56. The minimum absolute atomic E-state index is 0.0764. The Morgan fingerprint density at radius 3 is 2.22 bits per heavy atom. The van der Waals surface area contributed by atoms with Crippen molar-refractivity contribution < 1.29 is 24.2 Å². The molecule has 0 unspecified atom stereocenters. The van der Waals surface area contributed by atoms with E-state index < -0.39 is 17.9 Å². The fourth-order valence-corrected chi connectivity index (χ4v) is 5.56. The number of carbonyl (C=O) groups is 2. The van der Waals surface area contributed by atoms with Gasteiger partial charge in [-0.05, 0) is 48.1 Å². The number of rotatable bonds is 12. The first-order valence-corrected chi connectivity index (χ1v) is 13.7. The van der Waals surface area contributed by atoms with Crippen LogP contribution >= 0.6 is 0 Å². The van der Waals surface area contributed by atoms with Crippen LogP contribution in [-0.2, 0) is 16.0 Å². The van der Waals surface area contributed by atoms with Crippen LogP contribution in [0.2, 0.25) is 0 Å². The number of amides is 1. The van der Waals surface area contributed by atoms with E-state index in [1.165, 1.54) is 5.56 Å². The van der Waals surface area contributed by atoms with Crippen molar-refractivity contribution in [3.05, 3.63) is 59.2 Å². The highest BCUT2D eigenvalue weighted by Gasteiger charge is 2.48. The Hall–Kier alpha value is -3.06.